The Labute approximate surface area is 136 Å². The standard InChI is InChI=1S/C18H26BrNO/c1-20-17(14-5-7-16(19)8-6-14)15-9-12-21-18(13-15)10-3-2-4-11-18/h5-8,15,17,20H,2-4,9-13H2,1H3. The minimum Gasteiger partial charge on any atom is -0.375 e. The SMILES string of the molecule is CNC(c1ccc(Br)cc1)C1CCOC2(CCCCC2)C1. The molecule has 0 amide bonds. The summed E-state index contributed by atoms with van der Waals surface area (Å²) in [5.74, 6) is 0.683. The Kier molecular flexibility index (Phi) is 5.03. The minimum atomic E-state index is 0.186. The van der Waals surface area contributed by atoms with E-state index in [1.807, 2.05) is 0 Å². The van der Waals surface area contributed by atoms with Crippen LogP contribution in [0.1, 0.15) is 56.6 Å². The molecule has 2 aliphatic rings. The number of rotatable bonds is 3. The van der Waals surface area contributed by atoms with E-state index < -0.39 is 0 Å². The van der Waals surface area contributed by atoms with Gasteiger partial charge in [-0.2, -0.15) is 0 Å². The first kappa shape index (κ1) is 15.5. The summed E-state index contributed by atoms with van der Waals surface area (Å²) in [6, 6.07) is 9.23. The second-order valence-electron chi connectivity index (χ2n) is 6.66. The molecule has 1 aliphatic carbocycles. The normalized spacial score (nSPS) is 26.7. The molecule has 3 heteroatoms. The van der Waals surface area contributed by atoms with Crippen LogP contribution >= 0.6 is 15.9 Å². The van der Waals surface area contributed by atoms with Gasteiger partial charge in [0, 0.05) is 17.1 Å². The summed E-state index contributed by atoms with van der Waals surface area (Å²) in [7, 11) is 2.09. The van der Waals surface area contributed by atoms with Crippen LogP contribution in [0.3, 0.4) is 0 Å². The third-order valence-electron chi connectivity index (χ3n) is 5.31. The van der Waals surface area contributed by atoms with Gasteiger partial charge in [0.15, 0.2) is 0 Å². The summed E-state index contributed by atoms with van der Waals surface area (Å²) >= 11 is 3.53. The van der Waals surface area contributed by atoms with Gasteiger partial charge in [-0.05, 0) is 56.3 Å². The van der Waals surface area contributed by atoms with Gasteiger partial charge in [-0.15, -0.1) is 0 Å². The Bertz CT molecular complexity index is 447. The van der Waals surface area contributed by atoms with Crippen LogP contribution in [0.25, 0.3) is 0 Å². The number of nitrogens with one attached hydrogen (secondary N) is 1. The first-order valence-corrected chi connectivity index (χ1v) is 9.08. The van der Waals surface area contributed by atoms with Gasteiger partial charge in [-0.25, -0.2) is 0 Å². The molecule has 1 heterocycles. The number of ether oxygens (including phenoxy) is 1. The van der Waals surface area contributed by atoms with Crippen molar-refractivity contribution in [3.8, 4) is 0 Å². The summed E-state index contributed by atoms with van der Waals surface area (Å²) < 4.78 is 7.40. The van der Waals surface area contributed by atoms with Crippen LogP contribution < -0.4 is 5.32 Å². The third-order valence-corrected chi connectivity index (χ3v) is 5.84. The van der Waals surface area contributed by atoms with E-state index in [9.17, 15) is 0 Å². The highest BCUT2D eigenvalue weighted by molar-refractivity contribution is 9.10. The fraction of sp³-hybridized carbons (Fsp3) is 0.667. The van der Waals surface area contributed by atoms with Gasteiger partial charge in [-0.1, -0.05) is 47.3 Å². The maximum absolute atomic E-state index is 6.25. The number of benzene rings is 1. The summed E-state index contributed by atoms with van der Waals surface area (Å²) in [5.41, 5.74) is 1.59. The zero-order chi connectivity index (χ0) is 14.7. The molecule has 1 spiro atoms. The minimum absolute atomic E-state index is 0.186. The van der Waals surface area contributed by atoms with Crippen molar-refractivity contribution in [1.29, 1.82) is 0 Å². The highest BCUT2D eigenvalue weighted by Gasteiger charge is 2.40. The topological polar surface area (TPSA) is 21.3 Å². The van der Waals surface area contributed by atoms with Crippen LogP contribution in [-0.2, 0) is 4.74 Å². The highest BCUT2D eigenvalue weighted by Crippen LogP contribution is 2.44. The Balaban J connectivity index is 1.75. The molecule has 116 valence electrons. The third kappa shape index (κ3) is 3.52. The van der Waals surface area contributed by atoms with Crippen molar-refractivity contribution < 1.29 is 4.74 Å². The molecule has 0 radical (unpaired) electrons. The summed E-state index contributed by atoms with van der Waals surface area (Å²) in [5, 5.41) is 3.56. The van der Waals surface area contributed by atoms with Crippen LogP contribution in [0, 0.1) is 5.92 Å². The average Bonchev–Trinajstić information content (AvgIpc) is 2.51. The van der Waals surface area contributed by atoms with Crippen molar-refractivity contribution in [2.24, 2.45) is 5.92 Å². The Morgan fingerprint density at radius 2 is 1.90 bits per heavy atom. The van der Waals surface area contributed by atoms with Crippen molar-refractivity contribution >= 4 is 15.9 Å². The fourth-order valence-electron chi connectivity index (χ4n) is 4.24. The predicted molar refractivity (Wildman–Crippen MR) is 90.4 cm³/mol. The Morgan fingerprint density at radius 1 is 1.19 bits per heavy atom. The van der Waals surface area contributed by atoms with E-state index in [2.05, 4.69) is 52.6 Å². The van der Waals surface area contributed by atoms with Gasteiger partial charge in [0.1, 0.15) is 0 Å². The lowest BCUT2D eigenvalue weighted by Crippen LogP contribution is -2.44. The van der Waals surface area contributed by atoms with Gasteiger partial charge in [0.2, 0.25) is 0 Å². The molecule has 2 nitrogen and oxygen atoms in total. The van der Waals surface area contributed by atoms with E-state index in [1.54, 1.807) is 0 Å². The highest BCUT2D eigenvalue weighted by atomic mass is 79.9. The lowest BCUT2D eigenvalue weighted by molar-refractivity contribution is -0.121. The van der Waals surface area contributed by atoms with Crippen LogP contribution in [0.2, 0.25) is 0 Å². The van der Waals surface area contributed by atoms with Crippen molar-refractivity contribution in [3.63, 3.8) is 0 Å². The van der Waals surface area contributed by atoms with Crippen LogP contribution in [0.5, 0.6) is 0 Å². The molecular formula is C18H26BrNO. The molecule has 1 N–H and O–H groups in total. The lowest BCUT2D eigenvalue weighted by Gasteiger charge is -2.45. The first-order chi connectivity index (χ1) is 10.2. The van der Waals surface area contributed by atoms with Gasteiger partial charge in [0.05, 0.1) is 5.60 Å². The smallest absolute Gasteiger partial charge is 0.0686 e. The summed E-state index contributed by atoms with van der Waals surface area (Å²) in [6.07, 6.45) is 8.99. The Hall–Kier alpha value is -0.380. The van der Waals surface area contributed by atoms with E-state index in [4.69, 9.17) is 4.74 Å². The second kappa shape index (κ2) is 6.80. The Morgan fingerprint density at radius 3 is 2.57 bits per heavy atom. The number of halogens is 1. The molecule has 1 aromatic carbocycles. The molecule has 1 saturated carbocycles. The quantitative estimate of drug-likeness (QED) is 0.841. The summed E-state index contributed by atoms with van der Waals surface area (Å²) in [4.78, 5) is 0. The lowest BCUT2D eigenvalue weighted by atomic mass is 9.73. The van der Waals surface area contributed by atoms with Crippen molar-refractivity contribution in [2.75, 3.05) is 13.7 Å². The molecule has 1 aromatic rings. The van der Waals surface area contributed by atoms with E-state index in [1.165, 1.54) is 50.5 Å². The molecule has 2 unspecified atom stereocenters. The molecule has 2 atom stereocenters. The maximum atomic E-state index is 6.25. The van der Waals surface area contributed by atoms with Gasteiger partial charge < -0.3 is 10.1 Å². The van der Waals surface area contributed by atoms with E-state index >= 15 is 0 Å². The number of hydrogen-bond donors (Lipinski definition) is 1. The molecule has 2 fully saturated rings. The predicted octanol–water partition coefficient (Wildman–Crippen LogP) is 4.84. The molecule has 0 aromatic heterocycles. The monoisotopic (exact) mass is 351 g/mol. The van der Waals surface area contributed by atoms with E-state index in [-0.39, 0.29) is 5.60 Å². The van der Waals surface area contributed by atoms with Crippen LogP contribution in [-0.4, -0.2) is 19.3 Å². The molecule has 1 aliphatic heterocycles. The van der Waals surface area contributed by atoms with Crippen LogP contribution in [0.4, 0.5) is 0 Å². The van der Waals surface area contributed by atoms with Crippen molar-refractivity contribution in [1.82, 2.24) is 5.32 Å². The van der Waals surface area contributed by atoms with Crippen LogP contribution in [0.15, 0.2) is 28.7 Å². The first-order valence-electron chi connectivity index (χ1n) is 8.29. The van der Waals surface area contributed by atoms with Crippen molar-refractivity contribution in [3.05, 3.63) is 34.3 Å². The van der Waals surface area contributed by atoms with E-state index in [0.717, 1.165) is 11.1 Å². The largest absolute Gasteiger partial charge is 0.375 e. The fourth-order valence-corrected chi connectivity index (χ4v) is 4.50. The molecule has 21 heavy (non-hydrogen) atoms. The molecular weight excluding hydrogens is 326 g/mol. The average molecular weight is 352 g/mol. The zero-order valence-electron chi connectivity index (χ0n) is 12.9. The van der Waals surface area contributed by atoms with E-state index in [0.29, 0.717) is 12.0 Å². The van der Waals surface area contributed by atoms with Crippen molar-refractivity contribution in [2.45, 2.75) is 56.6 Å². The maximum Gasteiger partial charge on any atom is 0.0686 e. The summed E-state index contributed by atoms with van der Waals surface area (Å²) in [6.45, 7) is 0.930. The molecule has 1 saturated heterocycles. The zero-order valence-corrected chi connectivity index (χ0v) is 14.5. The second-order valence-corrected chi connectivity index (χ2v) is 7.58. The number of hydrogen-bond acceptors (Lipinski definition) is 2. The van der Waals surface area contributed by atoms with Gasteiger partial charge in [-0.3, -0.25) is 0 Å². The van der Waals surface area contributed by atoms with Gasteiger partial charge >= 0.3 is 0 Å². The van der Waals surface area contributed by atoms with Gasteiger partial charge in [0.25, 0.3) is 0 Å². The molecule has 3 rings (SSSR count). The molecule has 0 bridgehead atoms.